The summed E-state index contributed by atoms with van der Waals surface area (Å²) in [7, 11) is 0. The number of carboxylic acid groups (broad SMARTS) is 1. The third-order valence-electron chi connectivity index (χ3n) is 7.01. The van der Waals surface area contributed by atoms with Crippen LogP contribution in [0.3, 0.4) is 0 Å². The number of carboxylic acids is 1. The summed E-state index contributed by atoms with van der Waals surface area (Å²) in [6.07, 6.45) is 7.01. The highest BCUT2D eigenvalue weighted by molar-refractivity contribution is 6.04. The van der Waals surface area contributed by atoms with Crippen LogP contribution in [0.1, 0.15) is 53.4 Å². The smallest absolute Gasteiger partial charge is 0.307 e. The number of hydrogen-bond donors (Lipinski definition) is 1. The number of hydrogen-bond acceptors (Lipinski definition) is 3. The van der Waals surface area contributed by atoms with Crippen molar-refractivity contribution in [1.82, 2.24) is 0 Å². The molecule has 0 saturated heterocycles. The number of fused-ring (bicyclic) bond motifs is 3. The van der Waals surface area contributed by atoms with Crippen LogP contribution in [-0.2, 0) is 9.59 Å². The standard InChI is InChI=1S/C20H25NO3/c1-18(2)14-8-9-19(3)13(17(23)24)6-5-7-15(19)20(14,4)10-12(11-21)16(18)22/h7,10,13-14H,5-6,8-9H2,1-4H3,(H,23,24)/t13-,14-,19?,20-/m0/s1. The third-order valence-corrected chi connectivity index (χ3v) is 7.01. The molecule has 3 aliphatic rings. The average molecular weight is 327 g/mol. The molecule has 128 valence electrons. The summed E-state index contributed by atoms with van der Waals surface area (Å²) < 4.78 is 0. The maximum Gasteiger partial charge on any atom is 0.307 e. The van der Waals surface area contributed by atoms with Gasteiger partial charge in [-0.3, -0.25) is 9.59 Å². The minimum atomic E-state index is -0.735. The number of nitrogens with zero attached hydrogens (tertiary/aromatic N) is 1. The van der Waals surface area contributed by atoms with E-state index in [0.29, 0.717) is 6.42 Å². The third kappa shape index (κ3) is 1.97. The summed E-state index contributed by atoms with van der Waals surface area (Å²) in [4.78, 5) is 24.5. The number of carbonyl (C=O) groups excluding carboxylic acids is 1. The molecule has 3 rings (SSSR count). The van der Waals surface area contributed by atoms with Crippen LogP contribution in [0.5, 0.6) is 0 Å². The minimum absolute atomic E-state index is 0.0812. The molecule has 0 aromatic heterocycles. The lowest BCUT2D eigenvalue weighted by molar-refractivity contribution is -0.149. The number of carbonyl (C=O) groups is 2. The molecular formula is C20H25NO3. The first-order valence-electron chi connectivity index (χ1n) is 8.70. The molecule has 1 saturated carbocycles. The molecule has 0 heterocycles. The van der Waals surface area contributed by atoms with Crippen LogP contribution in [0.2, 0.25) is 0 Å². The Morgan fingerprint density at radius 3 is 2.54 bits per heavy atom. The summed E-state index contributed by atoms with van der Waals surface area (Å²) in [5.41, 5.74) is -0.0844. The molecule has 4 heteroatoms. The first kappa shape index (κ1) is 17.0. The molecule has 0 aliphatic heterocycles. The van der Waals surface area contributed by atoms with Gasteiger partial charge < -0.3 is 5.11 Å². The first-order chi connectivity index (χ1) is 11.1. The lowest BCUT2D eigenvalue weighted by Crippen LogP contribution is -2.55. The molecule has 3 aliphatic carbocycles. The zero-order chi connectivity index (χ0) is 17.9. The van der Waals surface area contributed by atoms with Crippen molar-refractivity contribution in [2.75, 3.05) is 0 Å². The van der Waals surface area contributed by atoms with Gasteiger partial charge in [-0.25, -0.2) is 0 Å². The van der Waals surface area contributed by atoms with Gasteiger partial charge in [0.1, 0.15) is 6.07 Å². The monoisotopic (exact) mass is 327 g/mol. The van der Waals surface area contributed by atoms with Crippen molar-refractivity contribution >= 4 is 11.8 Å². The Balaban J connectivity index is 2.21. The number of aliphatic carboxylic acids is 1. The predicted molar refractivity (Wildman–Crippen MR) is 89.9 cm³/mol. The van der Waals surface area contributed by atoms with Gasteiger partial charge in [-0.05, 0) is 31.6 Å². The first-order valence-corrected chi connectivity index (χ1v) is 8.70. The summed E-state index contributed by atoms with van der Waals surface area (Å²) in [5.74, 6) is -1.11. The van der Waals surface area contributed by atoms with Gasteiger partial charge in [0.25, 0.3) is 0 Å². The van der Waals surface area contributed by atoms with E-state index in [4.69, 9.17) is 0 Å². The fourth-order valence-electron chi connectivity index (χ4n) is 5.85. The van der Waals surface area contributed by atoms with Gasteiger partial charge in [-0.1, -0.05) is 45.4 Å². The Morgan fingerprint density at radius 2 is 1.96 bits per heavy atom. The minimum Gasteiger partial charge on any atom is -0.481 e. The predicted octanol–water partition coefficient (Wildman–Crippen LogP) is 3.89. The molecule has 4 atom stereocenters. The van der Waals surface area contributed by atoms with Gasteiger partial charge >= 0.3 is 5.97 Å². The summed E-state index contributed by atoms with van der Waals surface area (Å²) in [6.45, 7) is 8.02. The van der Waals surface area contributed by atoms with Crippen molar-refractivity contribution in [3.8, 4) is 6.07 Å². The van der Waals surface area contributed by atoms with Crippen LogP contribution in [0.4, 0.5) is 0 Å². The number of Topliss-reactive ketones (excluding diaryl/α,β-unsaturated/α-hetero) is 1. The SMILES string of the molecule is CC1(C)C(=O)C(C#N)=C[C@]2(C)C3=CCC[C@@H](C(=O)O)C3(C)CC[C@@H]12. The number of allylic oxidation sites excluding steroid dienone is 4. The van der Waals surface area contributed by atoms with Crippen LogP contribution in [0.25, 0.3) is 0 Å². The van der Waals surface area contributed by atoms with Crippen LogP contribution in [0.15, 0.2) is 23.3 Å². The summed E-state index contributed by atoms with van der Waals surface area (Å²) >= 11 is 0. The Kier molecular flexibility index (Phi) is 3.57. The Bertz CT molecular complexity index is 724. The van der Waals surface area contributed by atoms with Crippen LogP contribution in [-0.4, -0.2) is 16.9 Å². The summed E-state index contributed by atoms with van der Waals surface area (Å²) in [6, 6.07) is 2.08. The lowest BCUT2D eigenvalue weighted by atomic mass is 9.43. The highest BCUT2D eigenvalue weighted by atomic mass is 16.4. The second-order valence-electron chi connectivity index (χ2n) is 8.60. The largest absolute Gasteiger partial charge is 0.481 e. The van der Waals surface area contributed by atoms with E-state index in [1.807, 2.05) is 19.9 Å². The molecule has 4 nitrogen and oxygen atoms in total. The molecule has 0 aromatic carbocycles. The Morgan fingerprint density at radius 1 is 1.29 bits per heavy atom. The van der Waals surface area contributed by atoms with Crippen molar-refractivity contribution in [1.29, 1.82) is 5.26 Å². The second kappa shape index (κ2) is 5.05. The van der Waals surface area contributed by atoms with Gasteiger partial charge in [0.2, 0.25) is 0 Å². The van der Waals surface area contributed by atoms with Gasteiger partial charge in [-0.15, -0.1) is 0 Å². The highest BCUT2D eigenvalue weighted by Crippen LogP contribution is 2.65. The number of ketones is 1. The molecule has 1 fully saturated rings. The molecule has 0 radical (unpaired) electrons. The Hall–Kier alpha value is -1.89. The van der Waals surface area contributed by atoms with Gasteiger partial charge in [0.15, 0.2) is 5.78 Å². The molecule has 0 aromatic rings. The van der Waals surface area contributed by atoms with E-state index in [9.17, 15) is 20.0 Å². The molecule has 24 heavy (non-hydrogen) atoms. The van der Waals surface area contributed by atoms with Crippen molar-refractivity contribution in [2.24, 2.45) is 28.1 Å². The fraction of sp³-hybridized carbons (Fsp3) is 0.650. The Labute approximate surface area is 143 Å². The van der Waals surface area contributed by atoms with E-state index < -0.39 is 28.1 Å². The van der Waals surface area contributed by atoms with Crippen LogP contribution < -0.4 is 0 Å². The molecule has 1 N–H and O–H groups in total. The summed E-state index contributed by atoms with van der Waals surface area (Å²) in [5, 5.41) is 19.2. The number of rotatable bonds is 1. The van der Waals surface area contributed by atoms with E-state index in [1.165, 1.54) is 0 Å². The zero-order valence-electron chi connectivity index (χ0n) is 14.8. The van der Waals surface area contributed by atoms with E-state index >= 15 is 0 Å². The van der Waals surface area contributed by atoms with Crippen molar-refractivity contribution in [2.45, 2.75) is 53.4 Å². The van der Waals surface area contributed by atoms with Gasteiger partial charge in [0, 0.05) is 16.2 Å². The van der Waals surface area contributed by atoms with E-state index in [0.717, 1.165) is 24.8 Å². The molecular weight excluding hydrogens is 302 g/mol. The molecule has 0 bridgehead atoms. The molecule has 0 amide bonds. The molecule has 1 unspecified atom stereocenters. The maximum atomic E-state index is 12.7. The highest BCUT2D eigenvalue weighted by Gasteiger charge is 2.60. The van der Waals surface area contributed by atoms with Crippen molar-refractivity contribution in [3.63, 3.8) is 0 Å². The van der Waals surface area contributed by atoms with E-state index in [-0.39, 0.29) is 17.3 Å². The lowest BCUT2D eigenvalue weighted by Gasteiger charge is -2.59. The number of nitriles is 1. The van der Waals surface area contributed by atoms with Gasteiger partial charge in [-0.2, -0.15) is 5.26 Å². The van der Waals surface area contributed by atoms with E-state index in [2.05, 4.69) is 26.0 Å². The van der Waals surface area contributed by atoms with Crippen LogP contribution in [0, 0.1) is 39.4 Å². The van der Waals surface area contributed by atoms with E-state index in [1.54, 1.807) is 0 Å². The van der Waals surface area contributed by atoms with Crippen molar-refractivity contribution in [3.05, 3.63) is 23.3 Å². The fourth-order valence-corrected chi connectivity index (χ4v) is 5.85. The average Bonchev–Trinajstić information content (AvgIpc) is 2.50. The van der Waals surface area contributed by atoms with Crippen molar-refractivity contribution < 1.29 is 14.7 Å². The topological polar surface area (TPSA) is 78.2 Å². The zero-order valence-corrected chi connectivity index (χ0v) is 14.8. The van der Waals surface area contributed by atoms with Crippen LogP contribution >= 0.6 is 0 Å². The normalized spacial score (nSPS) is 40.5. The molecule has 0 spiro atoms. The maximum absolute atomic E-state index is 12.7. The van der Waals surface area contributed by atoms with Gasteiger partial charge in [0.05, 0.1) is 11.5 Å². The quantitative estimate of drug-likeness (QED) is 0.741. The second-order valence-corrected chi connectivity index (χ2v) is 8.60.